The minimum absolute atomic E-state index is 0.0315. The molecule has 2 heterocycles. The van der Waals surface area contributed by atoms with Crippen LogP contribution in [0.2, 0.25) is 0 Å². The van der Waals surface area contributed by atoms with Gasteiger partial charge in [0.05, 0.1) is 11.9 Å². The van der Waals surface area contributed by atoms with E-state index >= 15 is 0 Å². The first kappa shape index (κ1) is 17.6. The summed E-state index contributed by atoms with van der Waals surface area (Å²) in [7, 11) is 0. The van der Waals surface area contributed by atoms with Crippen LogP contribution in [0.5, 0.6) is 0 Å². The van der Waals surface area contributed by atoms with Gasteiger partial charge in [0.1, 0.15) is 0 Å². The number of hydrogen-bond acceptors (Lipinski definition) is 7. The van der Waals surface area contributed by atoms with Crippen LogP contribution < -0.4 is 10.2 Å². The molecule has 1 saturated carbocycles. The summed E-state index contributed by atoms with van der Waals surface area (Å²) in [6.07, 6.45) is 4.74. The molecule has 0 spiro atoms. The molecule has 2 fully saturated rings. The molecule has 24 heavy (non-hydrogen) atoms. The lowest BCUT2D eigenvalue weighted by atomic mass is 10.2. The first-order valence-electron chi connectivity index (χ1n) is 8.34. The van der Waals surface area contributed by atoms with Crippen molar-refractivity contribution in [2.24, 2.45) is 0 Å². The van der Waals surface area contributed by atoms with E-state index in [0.29, 0.717) is 28.2 Å². The van der Waals surface area contributed by atoms with Gasteiger partial charge in [-0.25, -0.2) is 0 Å². The Morgan fingerprint density at radius 2 is 2.21 bits per heavy atom. The predicted octanol–water partition coefficient (Wildman–Crippen LogP) is 1.83. The number of nitrogens with zero attached hydrogens (tertiary/aromatic N) is 3. The third-order valence-electron chi connectivity index (χ3n) is 3.96. The Hall–Kier alpha value is -1.19. The Kier molecular flexibility index (Phi) is 6.07. The highest BCUT2D eigenvalue weighted by atomic mass is 32.2. The van der Waals surface area contributed by atoms with Gasteiger partial charge in [-0.3, -0.25) is 14.5 Å². The van der Waals surface area contributed by atoms with Gasteiger partial charge >= 0.3 is 0 Å². The summed E-state index contributed by atoms with van der Waals surface area (Å²) in [5.74, 6) is 0.349. The Balaban J connectivity index is 1.46. The molecule has 1 unspecified atom stereocenters. The van der Waals surface area contributed by atoms with E-state index in [1.54, 1.807) is 4.90 Å². The monoisotopic (exact) mass is 370 g/mol. The number of hydrogen-bond donors (Lipinski definition) is 1. The van der Waals surface area contributed by atoms with E-state index in [0.717, 1.165) is 32.3 Å². The van der Waals surface area contributed by atoms with Crippen LogP contribution in [-0.2, 0) is 14.3 Å². The predicted molar refractivity (Wildman–Crippen MR) is 93.4 cm³/mol. The molecule has 7 nitrogen and oxygen atoms in total. The van der Waals surface area contributed by atoms with Crippen LogP contribution in [-0.4, -0.2) is 53.1 Å². The van der Waals surface area contributed by atoms with E-state index in [1.807, 2.05) is 6.92 Å². The van der Waals surface area contributed by atoms with Crippen molar-refractivity contribution in [3.63, 3.8) is 0 Å². The van der Waals surface area contributed by atoms with Crippen LogP contribution in [0.3, 0.4) is 0 Å². The minimum atomic E-state index is -0.0315. The topological polar surface area (TPSA) is 84.4 Å². The quantitative estimate of drug-likeness (QED) is 0.555. The standard InChI is InChI=1S/C15H22N4O3S2/c1-2-13(21)19(10-5-6-10)14-17-18-15(24-14)23-9-12(20)16-8-11-4-3-7-22-11/h10-11H,2-9H2,1H3,(H,16,20). The molecule has 0 aromatic carbocycles. The third kappa shape index (κ3) is 4.67. The van der Waals surface area contributed by atoms with Crippen LogP contribution in [0.1, 0.15) is 39.0 Å². The van der Waals surface area contributed by atoms with Crippen molar-refractivity contribution < 1.29 is 14.3 Å². The number of nitrogens with one attached hydrogen (secondary N) is 1. The molecule has 1 atom stereocenters. The summed E-state index contributed by atoms with van der Waals surface area (Å²) in [6, 6.07) is 0.276. The van der Waals surface area contributed by atoms with Gasteiger partial charge in [-0.1, -0.05) is 30.0 Å². The van der Waals surface area contributed by atoms with Gasteiger partial charge in [0, 0.05) is 25.6 Å². The smallest absolute Gasteiger partial charge is 0.230 e. The number of rotatable bonds is 8. The molecule has 0 radical (unpaired) electrons. The summed E-state index contributed by atoms with van der Waals surface area (Å²) in [6.45, 7) is 3.21. The zero-order chi connectivity index (χ0) is 16.9. The molecule has 132 valence electrons. The largest absolute Gasteiger partial charge is 0.376 e. The van der Waals surface area contributed by atoms with Crippen molar-refractivity contribution in [3.05, 3.63) is 0 Å². The van der Waals surface area contributed by atoms with Crippen molar-refractivity contribution in [2.75, 3.05) is 23.8 Å². The first-order chi connectivity index (χ1) is 11.7. The molecule has 1 aromatic rings. The van der Waals surface area contributed by atoms with Crippen molar-refractivity contribution in [3.8, 4) is 0 Å². The number of anilines is 1. The average Bonchev–Trinajstić information content (AvgIpc) is 3.09. The number of ether oxygens (including phenoxy) is 1. The number of carbonyl (C=O) groups excluding carboxylic acids is 2. The summed E-state index contributed by atoms with van der Waals surface area (Å²) >= 11 is 2.73. The van der Waals surface area contributed by atoms with E-state index in [2.05, 4.69) is 15.5 Å². The molecule has 1 aromatic heterocycles. The number of amides is 2. The van der Waals surface area contributed by atoms with Gasteiger partial charge in [-0.05, 0) is 25.7 Å². The van der Waals surface area contributed by atoms with Gasteiger partial charge in [-0.2, -0.15) is 0 Å². The van der Waals surface area contributed by atoms with Gasteiger partial charge < -0.3 is 10.1 Å². The lowest BCUT2D eigenvalue weighted by Gasteiger charge is -2.17. The average molecular weight is 371 g/mol. The maximum atomic E-state index is 12.1. The first-order valence-corrected chi connectivity index (χ1v) is 10.1. The maximum absolute atomic E-state index is 12.1. The van der Waals surface area contributed by atoms with Gasteiger partial charge in [-0.15, -0.1) is 10.2 Å². The normalized spacial score (nSPS) is 20.1. The molecular weight excluding hydrogens is 348 g/mol. The summed E-state index contributed by atoms with van der Waals surface area (Å²) in [5, 5.41) is 11.8. The molecule has 9 heteroatoms. The molecule has 1 N–H and O–H groups in total. The zero-order valence-electron chi connectivity index (χ0n) is 13.7. The van der Waals surface area contributed by atoms with Crippen molar-refractivity contribution in [1.82, 2.24) is 15.5 Å². The Labute approximate surface area is 149 Å². The molecule has 1 saturated heterocycles. The molecule has 0 bridgehead atoms. The Bertz CT molecular complexity index is 585. The van der Waals surface area contributed by atoms with Crippen molar-refractivity contribution >= 4 is 40.0 Å². The van der Waals surface area contributed by atoms with E-state index in [9.17, 15) is 9.59 Å². The third-order valence-corrected chi connectivity index (χ3v) is 6.02. The fourth-order valence-corrected chi connectivity index (χ4v) is 4.30. The van der Waals surface area contributed by atoms with E-state index in [4.69, 9.17) is 4.74 Å². The summed E-state index contributed by atoms with van der Waals surface area (Å²) in [5.41, 5.74) is 0. The number of carbonyl (C=O) groups is 2. The minimum Gasteiger partial charge on any atom is -0.376 e. The van der Waals surface area contributed by atoms with Gasteiger partial charge in [0.15, 0.2) is 4.34 Å². The molecule has 2 amide bonds. The van der Waals surface area contributed by atoms with Crippen LogP contribution in [0, 0.1) is 0 Å². The highest BCUT2D eigenvalue weighted by molar-refractivity contribution is 8.01. The fourth-order valence-electron chi connectivity index (χ4n) is 2.54. The maximum Gasteiger partial charge on any atom is 0.230 e. The number of thioether (sulfide) groups is 1. The highest BCUT2D eigenvalue weighted by Gasteiger charge is 2.35. The second kappa shape index (κ2) is 8.26. The van der Waals surface area contributed by atoms with Crippen LogP contribution in [0.4, 0.5) is 5.13 Å². The van der Waals surface area contributed by atoms with Gasteiger partial charge in [0.25, 0.3) is 0 Å². The van der Waals surface area contributed by atoms with Crippen LogP contribution >= 0.6 is 23.1 Å². The Morgan fingerprint density at radius 3 is 2.88 bits per heavy atom. The summed E-state index contributed by atoms with van der Waals surface area (Å²) in [4.78, 5) is 25.7. The summed E-state index contributed by atoms with van der Waals surface area (Å²) < 4.78 is 6.19. The molecule has 3 rings (SSSR count). The van der Waals surface area contributed by atoms with Crippen LogP contribution in [0.25, 0.3) is 0 Å². The Morgan fingerprint density at radius 1 is 1.38 bits per heavy atom. The second-order valence-electron chi connectivity index (χ2n) is 5.93. The van der Waals surface area contributed by atoms with Crippen molar-refractivity contribution in [1.29, 1.82) is 0 Å². The molecular formula is C15H22N4O3S2. The second-order valence-corrected chi connectivity index (χ2v) is 8.11. The van der Waals surface area contributed by atoms with E-state index in [-0.39, 0.29) is 24.0 Å². The zero-order valence-corrected chi connectivity index (χ0v) is 15.3. The fraction of sp³-hybridized carbons (Fsp3) is 0.733. The highest BCUT2D eigenvalue weighted by Crippen LogP contribution is 2.36. The lowest BCUT2D eigenvalue weighted by Crippen LogP contribution is -2.32. The molecule has 1 aliphatic carbocycles. The van der Waals surface area contributed by atoms with Crippen molar-refractivity contribution in [2.45, 2.75) is 55.5 Å². The van der Waals surface area contributed by atoms with Gasteiger partial charge in [0.2, 0.25) is 16.9 Å². The number of aromatic nitrogens is 2. The van der Waals surface area contributed by atoms with E-state index in [1.165, 1.54) is 23.1 Å². The van der Waals surface area contributed by atoms with Crippen LogP contribution in [0.15, 0.2) is 4.34 Å². The van der Waals surface area contributed by atoms with E-state index < -0.39 is 0 Å². The molecule has 1 aliphatic heterocycles. The molecule has 2 aliphatic rings. The lowest BCUT2D eigenvalue weighted by molar-refractivity contribution is -0.119. The SMILES string of the molecule is CCC(=O)N(c1nnc(SCC(=O)NCC2CCCO2)s1)C1CC1.